The average molecular weight is 392 g/mol. The smallest absolute Gasteiger partial charge is 0.144 e. The molecule has 5 heterocycles. The molecule has 0 aliphatic carbocycles. The van der Waals surface area contributed by atoms with E-state index in [-0.39, 0.29) is 12.0 Å². The number of morpholine rings is 1. The van der Waals surface area contributed by atoms with Crippen LogP contribution in [0.1, 0.15) is 18.2 Å². The van der Waals surface area contributed by atoms with Crippen molar-refractivity contribution in [3.05, 3.63) is 48.2 Å². The SMILES string of the molecule is Cc1cc(N2CCOCC2)ncc1-c1nc2ccncc2n1C1CC=C(F)C=N1. The fourth-order valence-electron chi connectivity index (χ4n) is 3.83. The van der Waals surface area contributed by atoms with Gasteiger partial charge in [0.25, 0.3) is 0 Å². The normalized spacial score (nSPS) is 19.6. The van der Waals surface area contributed by atoms with E-state index in [2.05, 4.69) is 27.9 Å². The van der Waals surface area contributed by atoms with E-state index in [0.29, 0.717) is 6.42 Å². The molecule has 8 heteroatoms. The molecule has 148 valence electrons. The summed E-state index contributed by atoms with van der Waals surface area (Å²) in [6.07, 6.45) is 8.39. The summed E-state index contributed by atoms with van der Waals surface area (Å²) < 4.78 is 20.9. The second kappa shape index (κ2) is 7.36. The van der Waals surface area contributed by atoms with Gasteiger partial charge in [0.1, 0.15) is 23.6 Å². The largest absolute Gasteiger partial charge is 0.378 e. The van der Waals surface area contributed by atoms with Gasteiger partial charge < -0.3 is 9.64 Å². The molecular weight excluding hydrogens is 371 g/mol. The van der Waals surface area contributed by atoms with Gasteiger partial charge in [-0.25, -0.2) is 14.4 Å². The first-order chi connectivity index (χ1) is 14.2. The zero-order chi connectivity index (χ0) is 19.8. The van der Waals surface area contributed by atoms with Crippen LogP contribution in [0.5, 0.6) is 0 Å². The summed E-state index contributed by atoms with van der Waals surface area (Å²) in [5.74, 6) is 1.40. The van der Waals surface area contributed by atoms with E-state index >= 15 is 0 Å². The van der Waals surface area contributed by atoms with Crippen LogP contribution in [-0.4, -0.2) is 52.0 Å². The van der Waals surface area contributed by atoms with Crippen molar-refractivity contribution >= 4 is 23.1 Å². The van der Waals surface area contributed by atoms with Crippen LogP contribution in [0.15, 0.2) is 47.6 Å². The Morgan fingerprint density at radius 3 is 2.83 bits per heavy atom. The minimum absolute atomic E-state index is 0.267. The monoisotopic (exact) mass is 392 g/mol. The number of aliphatic imine (C=N–C) groups is 1. The van der Waals surface area contributed by atoms with Gasteiger partial charge in [0.2, 0.25) is 0 Å². The van der Waals surface area contributed by atoms with Crippen LogP contribution in [0.2, 0.25) is 0 Å². The number of allylic oxidation sites excluding steroid dienone is 1. The molecule has 0 N–H and O–H groups in total. The highest BCUT2D eigenvalue weighted by Gasteiger charge is 2.23. The molecule has 3 aromatic rings. The van der Waals surface area contributed by atoms with Crippen molar-refractivity contribution in [1.29, 1.82) is 0 Å². The minimum Gasteiger partial charge on any atom is -0.378 e. The summed E-state index contributed by atoms with van der Waals surface area (Å²) in [6.45, 7) is 5.17. The third-order valence-corrected chi connectivity index (χ3v) is 5.36. The zero-order valence-electron chi connectivity index (χ0n) is 16.1. The quantitative estimate of drug-likeness (QED) is 0.683. The fraction of sp³-hybridized carbons (Fsp3) is 0.333. The van der Waals surface area contributed by atoms with E-state index in [1.54, 1.807) is 18.5 Å². The van der Waals surface area contributed by atoms with Crippen molar-refractivity contribution in [2.75, 3.05) is 31.2 Å². The summed E-state index contributed by atoms with van der Waals surface area (Å²) in [7, 11) is 0. The van der Waals surface area contributed by atoms with Crippen molar-refractivity contribution < 1.29 is 9.13 Å². The molecule has 1 atom stereocenters. The Balaban J connectivity index is 1.60. The number of hydrogen-bond donors (Lipinski definition) is 0. The predicted molar refractivity (Wildman–Crippen MR) is 110 cm³/mol. The lowest BCUT2D eigenvalue weighted by Gasteiger charge is -2.28. The number of rotatable bonds is 3. The number of imidazole rings is 1. The highest BCUT2D eigenvalue weighted by atomic mass is 19.1. The Morgan fingerprint density at radius 2 is 2.07 bits per heavy atom. The third kappa shape index (κ3) is 3.29. The molecule has 5 rings (SSSR count). The molecule has 29 heavy (non-hydrogen) atoms. The standard InChI is InChI=1S/C21H21FN6O/c1-14-10-20(27-6-8-29-9-7-27)25-12-16(14)21-26-17-4-5-23-13-18(17)28(21)19-3-2-15(22)11-24-19/h2,4-5,10-13,19H,3,6-9H2,1H3. The van der Waals surface area contributed by atoms with Crippen LogP contribution in [0.3, 0.4) is 0 Å². The maximum Gasteiger partial charge on any atom is 0.144 e. The molecule has 2 aliphatic rings. The van der Waals surface area contributed by atoms with Crippen LogP contribution in [0.4, 0.5) is 10.2 Å². The highest BCUT2D eigenvalue weighted by Crippen LogP contribution is 2.33. The lowest BCUT2D eigenvalue weighted by Crippen LogP contribution is -2.36. The second-order valence-electron chi connectivity index (χ2n) is 7.21. The molecule has 0 saturated carbocycles. The van der Waals surface area contributed by atoms with Gasteiger partial charge in [0.05, 0.1) is 36.7 Å². The number of aromatic nitrogens is 4. The van der Waals surface area contributed by atoms with Gasteiger partial charge in [-0.3, -0.25) is 14.5 Å². The summed E-state index contributed by atoms with van der Waals surface area (Å²) in [5, 5.41) is 0. The number of nitrogens with zero attached hydrogens (tertiary/aromatic N) is 6. The number of dihydropyridines is 1. The Labute approximate surface area is 167 Å². The average Bonchev–Trinajstić information content (AvgIpc) is 3.14. The second-order valence-corrected chi connectivity index (χ2v) is 7.21. The maximum absolute atomic E-state index is 13.5. The molecule has 1 saturated heterocycles. The molecule has 7 nitrogen and oxygen atoms in total. The number of hydrogen-bond acceptors (Lipinski definition) is 6. The Kier molecular flexibility index (Phi) is 4.55. The lowest BCUT2D eigenvalue weighted by molar-refractivity contribution is 0.122. The summed E-state index contributed by atoms with van der Waals surface area (Å²) in [6, 6.07) is 3.97. The van der Waals surface area contributed by atoms with Crippen molar-refractivity contribution in [2.24, 2.45) is 4.99 Å². The van der Waals surface area contributed by atoms with Gasteiger partial charge in [-0.15, -0.1) is 0 Å². The van der Waals surface area contributed by atoms with Crippen molar-refractivity contribution in [1.82, 2.24) is 19.5 Å². The third-order valence-electron chi connectivity index (χ3n) is 5.36. The molecule has 0 amide bonds. The summed E-state index contributed by atoms with van der Waals surface area (Å²) in [5.41, 5.74) is 3.71. The first kappa shape index (κ1) is 17.9. The van der Waals surface area contributed by atoms with Gasteiger partial charge in [-0.2, -0.15) is 0 Å². The number of aryl methyl sites for hydroxylation is 1. The van der Waals surface area contributed by atoms with Gasteiger partial charge in [-0.1, -0.05) is 0 Å². The van der Waals surface area contributed by atoms with Gasteiger partial charge in [-0.05, 0) is 30.7 Å². The van der Waals surface area contributed by atoms with Crippen LogP contribution < -0.4 is 4.90 Å². The van der Waals surface area contributed by atoms with Crippen molar-refractivity contribution in [2.45, 2.75) is 19.5 Å². The molecule has 1 fully saturated rings. The van der Waals surface area contributed by atoms with Crippen molar-refractivity contribution in [3.8, 4) is 11.4 Å². The van der Waals surface area contributed by atoms with E-state index < -0.39 is 0 Å². The molecule has 0 spiro atoms. The topological polar surface area (TPSA) is 68.4 Å². The van der Waals surface area contributed by atoms with Gasteiger partial charge in [0, 0.05) is 37.5 Å². The molecule has 0 bridgehead atoms. The van der Waals surface area contributed by atoms with E-state index in [0.717, 1.165) is 60.1 Å². The van der Waals surface area contributed by atoms with Crippen LogP contribution >= 0.6 is 0 Å². The molecular formula is C21H21FN6O. The zero-order valence-corrected chi connectivity index (χ0v) is 16.1. The van der Waals surface area contributed by atoms with E-state index in [4.69, 9.17) is 14.7 Å². The van der Waals surface area contributed by atoms with Crippen LogP contribution in [-0.2, 0) is 4.74 Å². The number of halogens is 1. The predicted octanol–water partition coefficient (Wildman–Crippen LogP) is 3.46. The number of ether oxygens (including phenoxy) is 1. The molecule has 0 radical (unpaired) electrons. The Bertz CT molecular complexity index is 1120. The Hall–Kier alpha value is -3.13. The maximum atomic E-state index is 13.5. The molecule has 0 aromatic carbocycles. The van der Waals surface area contributed by atoms with Crippen molar-refractivity contribution in [3.63, 3.8) is 0 Å². The van der Waals surface area contributed by atoms with E-state index in [9.17, 15) is 4.39 Å². The number of fused-ring (bicyclic) bond motifs is 1. The molecule has 1 unspecified atom stereocenters. The highest BCUT2D eigenvalue weighted by molar-refractivity contribution is 5.81. The molecule has 3 aromatic heterocycles. The fourth-order valence-corrected chi connectivity index (χ4v) is 3.83. The first-order valence-corrected chi connectivity index (χ1v) is 9.71. The van der Waals surface area contributed by atoms with Gasteiger partial charge in [0.15, 0.2) is 0 Å². The van der Waals surface area contributed by atoms with Crippen LogP contribution in [0, 0.1) is 6.92 Å². The lowest BCUT2D eigenvalue weighted by atomic mass is 10.1. The summed E-state index contributed by atoms with van der Waals surface area (Å²) >= 11 is 0. The minimum atomic E-state index is -0.307. The van der Waals surface area contributed by atoms with Gasteiger partial charge >= 0.3 is 0 Å². The van der Waals surface area contributed by atoms with E-state index in [1.165, 1.54) is 6.21 Å². The van der Waals surface area contributed by atoms with E-state index in [1.807, 2.05) is 16.8 Å². The summed E-state index contributed by atoms with van der Waals surface area (Å²) in [4.78, 5) is 20.4. The first-order valence-electron chi connectivity index (χ1n) is 9.71. The Morgan fingerprint density at radius 1 is 1.21 bits per heavy atom. The number of pyridine rings is 2. The number of anilines is 1. The molecule has 2 aliphatic heterocycles. The van der Waals surface area contributed by atoms with Crippen LogP contribution in [0.25, 0.3) is 22.4 Å².